The number of carbonyl (C=O) groups excluding carboxylic acids is 1. The Balaban J connectivity index is 1.72. The minimum atomic E-state index is -0.0693. The Morgan fingerprint density at radius 3 is 2.48 bits per heavy atom. The number of methoxy groups -OCH3 is 1. The molecule has 0 aliphatic carbocycles. The normalized spacial score (nSPS) is 16.7. The van der Waals surface area contributed by atoms with Gasteiger partial charge in [0.05, 0.1) is 13.2 Å². The Morgan fingerprint density at radius 2 is 1.81 bits per heavy atom. The number of carbonyl (C=O) groups is 1. The molecule has 0 aromatic heterocycles. The van der Waals surface area contributed by atoms with Crippen molar-refractivity contribution < 1.29 is 9.53 Å². The second-order valence-corrected chi connectivity index (χ2v) is 7.21. The number of amides is 1. The smallest absolute Gasteiger partial charge is 0.251 e. The van der Waals surface area contributed by atoms with Crippen molar-refractivity contribution in [3.05, 3.63) is 65.2 Å². The van der Waals surface area contributed by atoms with E-state index in [1.165, 1.54) is 11.1 Å². The van der Waals surface area contributed by atoms with Crippen LogP contribution in [0.5, 0.6) is 5.75 Å². The fourth-order valence-electron chi connectivity index (χ4n) is 3.44. The first-order chi connectivity index (χ1) is 13.1. The van der Waals surface area contributed by atoms with Gasteiger partial charge < -0.3 is 15.0 Å². The number of likely N-dealkylation sites (N-methyl/N-ethyl adjacent to an activating group) is 1. The van der Waals surface area contributed by atoms with Crippen molar-refractivity contribution in [3.8, 4) is 5.75 Å². The first-order valence-corrected chi connectivity index (χ1v) is 9.48. The van der Waals surface area contributed by atoms with Crippen LogP contribution < -0.4 is 10.1 Å². The Labute approximate surface area is 161 Å². The van der Waals surface area contributed by atoms with Gasteiger partial charge in [0.1, 0.15) is 5.75 Å². The predicted octanol–water partition coefficient (Wildman–Crippen LogP) is 2.72. The number of rotatable bonds is 6. The minimum Gasteiger partial charge on any atom is -0.497 e. The van der Waals surface area contributed by atoms with Crippen LogP contribution in [0.15, 0.2) is 48.5 Å². The summed E-state index contributed by atoms with van der Waals surface area (Å²) in [7, 11) is 3.76. The SMILES string of the molecule is COc1cccc(C(=O)NCC(c2ccc(C)cc2)N2CCN(C)CC2)c1. The molecular formula is C22H29N3O2. The van der Waals surface area contributed by atoms with Crippen LogP contribution in [0.4, 0.5) is 0 Å². The maximum Gasteiger partial charge on any atom is 0.251 e. The van der Waals surface area contributed by atoms with E-state index < -0.39 is 0 Å². The van der Waals surface area contributed by atoms with Crippen LogP contribution in [-0.4, -0.2) is 62.6 Å². The minimum absolute atomic E-state index is 0.0693. The lowest BCUT2D eigenvalue weighted by atomic mass is 10.0. The predicted molar refractivity (Wildman–Crippen MR) is 108 cm³/mol. The van der Waals surface area contributed by atoms with Gasteiger partial charge in [-0.3, -0.25) is 9.69 Å². The molecule has 0 bridgehead atoms. The van der Waals surface area contributed by atoms with Gasteiger partial charge in [0.25, 0.3) is 5.91 Å². The van der Waals surface area contributed by atoms with E-state index in [-0.39, 0.29) is 11.9 Å². The maximum atomic E-state index is 12.6. The fourth-order valence-corrected chi connectivity index (χ4v) is 3.44. The van der Waals surface area contributed by atoms with Gasteiger partial charge in [0.15, 0.2) is 0 Å². The second-order valence-electron chi connectivity index (χ2n) is 7.21. The molecule has 0 spiro atoms. The highest BCUT2D eigenvalue weighted by Crippen LogP contribution is 2.22. The molecule has 1 atom stereocenters. The highest BCUT2D eigenvalue weighted by molar-refractivity contribution is 5.94. The average Bonchev–Trinajstić information content (AvgIpc) is 2.70. The van der Waals surface area contributed by atoms with E-state index in [0.717, 1.165) is 26.2 Å². The third-order valence-corrected chi connectivity index (χ3v) is 5.23. The zero-order valence-corrected chi connectivity index (χ0v) is 16.4. The van der Waals surface area contributed by atoms with E-state index >= 15 is 0 Å². The van der Waals surface area contributed by atoms with Crippen molar-refractivity contribution in [2.24, 2.45) is 0 Å². The summed E-state index contributed by atoms with van der Waals surface area (Å²) >= 11 is 0. The topological polar surface area (TPSA) is 44.8 Å². The molecule has 1 N–H and O–H groups in total. The molecule has 1 unspecified atom stereocenters. The lowest BCUT2D eigenvalue weighted by Crippen LogP contribution is -2.48. The lowest BCUT2D eigenvalue weighted by Gasteiger charge is -2.38. The van der Waals surface area contributed by atoms with E-state index in [4.69, 9.17) is 4.74 Å². The van der Waals surface area contributed by atoms with Crippen LogP contribution in [0.3, 0.4) is 0 Å². The summed E-state index contributed by atoms with van der Waals surface area (Å²) in [6, 6.07) is 16.1. The van der Waals surface area contributed by atoms with Crippen molar-refractivity contribution in [1.82, 2.24) is 15.1 Å². The van der Waals surface area contributed by atoms with Crippen molar-refractivity contribution in [2.45, 2.75) is 13.0 Å². The molecule has 5 nitrogen and oxygen atoms in total. The van der Waals surface area contributed by atoms with Crippen LogP contribution >= 0.6 is 0 Å². The third-order valence-electron chi connectivity index (χ3n) is 5.23. The zero-order valence-electron chi connectivity index (χ0n) is 16.4. The Morgan fingerprint density at radius 1 is 1.11 bits per heavy atom. The molecule has 2 aromatic carbocycles. The summed E-state index contributed by atoms with van der Waals surface area (Å²) in [5, 5.41) is 3.12. The molecule has 144 valence electrons. The molecule has 5 heteroatoms. The van der Waals surface area contributed by atoms with E-state index in [1.807, 2.05) is 18.2 Å². The van der Waals surface area contributed by atoms with Gasteiger partial charge in [-0.2, -0.15) is 0 Å². The molecule has 1 heterocycles. The number of hydrogen-bond donors (Lipinski definition) is 1. The Kier molecular flexibility index (Phi) is 6.48. The van der Waals surface area contributed by atoms with Crippen LogP contribution in [0.2, 0.25) is 0 Å². The molecule has 1 fully saturated rings. The zero-order chi connectivity index (χ0) is 19.2. The number of piperazine rings is 1. The lowest BCUT2D eigenvalue weighted by molar-refractivity contribution is 0.0886. The van der Waals surface area contributed by atoms with E-state index in [9.17, 15) is 4.79 Å². The number of nitrogens with one attached hydrogen (secondary N) is 1. The van der Waals surface area contributed by atoms with Gasteiger partial charge in [-0.1, -0.05) is 35.9 Å². The molecule has 1 amide bonds. The molecule has 0 saturated carbocycles. The quantitative estimate of drug-likeness (QED) is 0.853. The summed E-state index contributed by atoms with van der Waals surface area (Å²) in [6.07, 6.45) is 0. The standard InChI is InChI=1S/C22H29N3O2/c1-17-7-9-18(10-8-17)21(25-13-11-24(2)12-14-25)16-23-22(26)19-5-4-6-20(15-19)27-3/h4-10,15,21H,11-14,16H2,1-3H3,(H,23,26). The first kappa shape index (κ1) is 19.4. The summed E-state index contributed by atoms with van der Waals surface area (Å²) < 4.78 is 5.22. The second kappa shape index (κ2) is 9.02. The van der Waals surface area contributed by atoms with Crippen LogP contribution in [-0.2, 0) is 0 Å². The molecule has 3 rings (SSSR count). The van der Waals surface area contributed by atoms with Crippen LogP contribution in [0.25, 0.3) is 0 Å². The highest BCUT2D eigenvalue weighted by atomic mass is 16.5. The molecule has 1 aliphatic rings. The monoisotopic (exact) mass is 367 g/mol. The molecule has 1 saturated heterocycles. The summed E-state index contributed by atoms with van der Waals surface area (Å²) in [6.45, 7) is 6.79. The van der Waals surface area contributed by atoms with Gasteiger partial charge in [-0.25, -0.2) is 0 Å². The van der Waals surface area contributed by atoms with Crippen molar-refractivity contribution in [1.29, 1.82) is 0 Å². The number of nitrogens with zero attached hydrogens (tertiary/aromatic N) is 2. The third kappa shape index (κ3) is 5.08. The fraction of sp³-hybridized carbons (Fsp3) is 0.409. The summed E-state index contributed by atoms with van der Waals surface area (Å²) in [5.74, 6) is 0.622. The highest BCUT2D eigenvalue weighted by Gasteiger charge is 2.24. The number of benzene rings is 2. The molecule has 0 radical (unpaired) electrons. The Hall–Kier alpha value is -2.37. The van der Waals surface area contributed by atoms with Crippen molar-refractivity contribution >= 4 is 5.91 Å². The molecular weight excluding hydrogens is 338 g/mol. The maximum absolute atomic E-state index is 12.6. The molecule has 2 aromatic rings. The van der Waals surface area contributed by atoms with Gasteiger partial charge >= 0.3 is 0 Å². The largest absolute Gasteiger partial charge is 0.497 e. The van der Waals surface area contributed by atoms with E-state index in [2.05, 4.69) is 53.4 Å². The van der Waals surface area contributed by atoms with Crippen LogP contribution in [0, 0.1) is 6.92 Å². The number of hydrogen-bond acceptors (Lipinski definition) is 4. The summed E-state index contributed by atoms with van der Waals surface area (Å²) in [5.41, 5.74) is 3.11. The molecule has 1 aliphatic heterocycles. The van der Waals surface area contributed by atoms with Gasteiger partial charge in [-0.15, -0.1) is 0 Å². The number of aryl methyl sites for hydroxylation is 1. The Bertz CT molecular complexity index is 752. The number of ether oxygens (including phenoxy) is 1. The van der Waals surface area contributed by atoms with E-state index in [0.29, 0.717) is 17.9 Å². The summed E-state index contributed by atoms with van der Waals surface area (Å²) in [4.78, 5) is 17.5. The van der Waals surface area contributed by atoms with Gasteiger partial charge in [-0.05, 0) is 37.7 Å². The van der Waals surface area contributed by atoms with Gasteiger partial charge in [0.2, 0.25) is 0 Å². The van der Waals surface area contributed by atoms with Crippen molar-refractivity contribution in [3.63, 3.8) is 0 Å². The van der Waals surface area contributed by atoms with Gasteiger partial charge in [0, 0.05) is 38.3 Å². The van der Waals surface area contributed by atoms with E-state index in [1.54, 1.807) is 13.2 Å². The average molecular weight is 367 g/mol. The van der Waals surface area contributed by atoms with Crippen LogP contribution in [0.1, 0.15) is 27.5 Å². The molecule has 27 heavy (non-hydrogen) atoms. The first-order valence-electron chi connectivity index (χ1n) is 9.48. The van der Waals surface area contributed by atoms with Crippen molar-refractivity contribution in [2.75, 3.05) is 46.9 Å².